The minimum absolute atomic E-state index is 0.0312. The highest BCUT2D eigenvalue weighted by molar-refractivity contribution is 7.98. The fraction of sp³-hybridized carbons (Fsp3) is 0.450. The van der Waals surface area contributed by atoms with E-state index in [9.17, 15) is 9.18 Å². The molecule has 0 radical (unpaired) electrons. The predicted molar refractivity (Wildman–Crippen MR) is 111 cm³/mol. The Morgan fingerprint density at radius 1 is 1.42 bits per heavy atom. The second-order valence-corrected chi connectivity index (χ2v) is 8.74. The van der Waals surface area contributed by atoms with E-state index in [2.05, 4.69) is 15.0 Å². The quantitative estimate of drug-likeness (QED) is 0.381. The number of amides is 1. The molecule has 0 spiro atoms. The normalized spacial score (nSPS) is 14.9. The van der Waals surface area contributed by atoms with Crippen molar-refractivity contribution in [2.75, 3.05) is 19.3 Å². The van der Waals surface area contributed by atoms with Gasteiger partial charge in [-0.2, -0.15) is 10.9 Å². The van der Waals surface area contributed by atoms with Crippen molar-refractivity contribution in [3.05, 3.63) is 41.9 Å². The van der Waals surface area contributed by atoms with Crippen molar-refractivity contribution in [3.8, 4) is 11.4 Å². The molecular formula is C20H25FN4O5S. The highest BCUT2D eigenvalue weighted by Crippen LogP contribution is 2.28. The summed E-state index contributed by atoms with van der Waals surface area (Å²) < 4.78 is 30.2. The topological polar surface area (TPSA) is 113 Å². The molecule has 2 N–H and O–H groups in total. The van der Waals surface area contributed by atoms with Crippen molar-refractivity contribution >= 4 is 17.9 Å². The highest BCUT2D eigenvalue weighted by atomic mass is 32.2. The average Bonchev–Trinajstić information content (AvgIpc) is 3.12. The van der Waals surface area contributed by atoms with Gasteiger partial charge in [0.25, 0.3) is 5.89 Å². The maximum absolute atomic E-state index is 14.0. The molecule has 1 aromatic carbocycles. The summed E-state index contributed by atoms with van der Waals surface area (Å²) in [4.78, 5) is 23.0. The Kier molecular flexibility index (Phi) is 7.06. The molecule has 0 atom stereocenters. The molecule has 2 heterocycles. The third kappa shape index (κ3) is 5.88. The van der Waals surface area contributed by atoms with Crippen LogP contribution in [0.25, 0.3) is 11.4 Å². The molecule has 0 saturated carbocycles. The summed E-state index contributed by atoms with van der Waals surface area (Å²) in [6, 6.07) is 4.74. The zero-order valence-electron chi connectivity index (χ0n) is 17.8. The number of hydrogen-bond acceptors (Lipinski definition) is 9. The molecular weight excluding hydrogens is 427 g/mol. The standard InChI is InChI=1S/C20H25FN4O5S/c1-20(2,3)29-19(26)25-8-13(9-25)15(10-28-22)27-11-17-23-18(24-30-17)12-5-6-16(31-4)14(21)7-12/h5-7,10,13H,8-9,11,22H2,1-4H3. The average molecular weight is 453 g/mol. The molecule has 1 fully saturated rings. The Balaban J connectivity index is 1.57. The molecule has 11 heteroatoms. The summed E-state index contributed by atoms with van der Waals surface area (Å²) in [6.45, 7) is 6.20. The smallest absolute Gasteiger partial charge is 0.410 e. The third-order valence-electron chi connectivity index (χ3n) is 4.36. The SMILES string of the molecule is CSc1ccc(-c2noc(COC(=CON)C3CN(C(=O)OC(C)(C)C)C3)n2)cc1F. The lowest BCUT2D eigenvalue weighted by atomic mass is 9.99. The Bertz CT molecular complexity index is 953. The first-order valence-electron chi connectivity index (χ1n) is 9.53. The van der Waals surface area contributed by atoms with Crippen LogP contribution in [0.2, 0.25) is 0 Å². The summed E-state index contributed by atoms with van der Waals surface area (Å²) in [5.41, 5.74) is -0.0650. The number of benzene rings is 1. The lowest BCUT2D eigenvalue weighted by Gasteiger charge is -2.40. The Morgan fingerprint density at radius 3 is 2.77 bits per heavy atom. The fourth-order valence-corrected chi connectivity index (χ4v) is 3.29. The van der Waals surface area contributed by atoms with E-state index in [0.717, 1.165) is 0 Å². The summed E-state index contributed by atoms with van der Waals surface area (Å²) in [5.74, 6) is 5.61. The van der Waals surface area contributed by atoms with Crippen molar-refractivity contribution in [3.63, 3.8) is 0 Å². The number of rotatable bonds is 7. The van der Waals surface area contributed by atoms with Gasteiger partial charge >= 0.3 is 6.09 Å². The van der Waals surface area contributed by atoms with E-state index < -0.39 is 11.7 Å². The van der Waals surface area contributed by atoms with Gasteiger partial charge in [0.15, 0.2) is 6.61 Å². The van der Waals surface area contributed by atoms with E-state index >= 15 is 0 Å². The lowest BCUT2D eigenvalue weighted by Crippen LogP contribution is -2.52. The monoisotopic (exact) mass is 452 g/mol. The van der Waals surface area contributed by atoms with E-state index in [-0.39, 0.29) is 30.1 Å². The number of ether oxygens (including phenoxy) is 2. The minimum atomic E-state index is -0.564. The van der Waals surface area contributed by atoms with Gasteiger partial charge in [0.05, 0.1) is 5.92 Å². The van der Waals surface area contributed by atoms with Crippen molar-refractivity contribution in [1.29, 1.82) is 0 Å². The third-order valence-corrected chi connectivity index (χ3v) is 5.13. The number of aromatic nitrogens is 2. The second kappa shape index (κ2) is 9.56. The van der Waals surface area contributed by atoms with Crippen molar-refractivity contribution in [2.45, 2.75) is 37.9 Å². The largest absolute Gasteiger partial charge is 0.484 e. The van der Waals surface area contributed by atoms with Gasteiger partial charge in [0, 0.05) is 23.5 Å². The zero-order valence-corrected chi connectivity index (χ0v) is 18.6. The first-order chi connectivity index (χ1) is 14.7. The van der Waals surface area contributed by atoms with Gasteiger partial charge in [0.2, 0.25) is 5.82 Å². The zero-order chi connectivity index (χ0) is 22.6. The van der Waals surface area contributed by atoms with Crippen LogP contribution in [0.15, 0.2) is 39.6 Å². The number of nitrogens with two attached hydrogens (primary N) is 1. The van der Waals surface area contributed by atoms with Crippen LogP contribution >= 0.6 is 11.8 Å². The first kappa shape index (κ1) is 22.9. The van der Waals surface area contributed by atoms with Crippen LogP contribution in [0, 0.1) is 11.7 Å². The summed E-state index contributed by atoms with van der Waals surface area (Å²) >= 11 is 1.32. The number of likely N-dealkylation sites (tertiary alicyclic amines) is 1. The van der Waals surface area contributed by atoms with Gasteiger partial charge in [-0.05, 0) is 45.2 Å². The van der Waals surface area contributed by atoms with E-state index in [1.165, 1.54) is 24.1 Å². The first-order valence-corrected chi connectivity index (χ1v) is 10.8. The van der Waals surface area contributed by atoms with Gasteiger partial charge in [-0.3, -0.25) is 0 Å². The number of nitrogens with zero attached hydrogens (tertiary/aromatic N) is 3. The number of carbonyl (C=O) groups excluding carboxylic acids is 1. The second-order valence-electron chi connectivity index (χ2n) is 7.89. The summed E-state index contributed by atoms with van der Waals surface area (Å²) in [5, 5.41) is 3.87. The van der Waals surface area contributed by atoms with Gasteiger partial charge in [-0.25, -0.2) is 9.18 Å². The predicted octanol–water partition coefficient (Wildman–Crippen LogP) is 3.71. The molecule has 1 aliphatic rings. The molecule has 3 rings (SSSR count). The number of thioether (sulfide) groups is 1. The van der Waals surface area contributed by atoms with E-state index in [1.54, 1.807) is 23.3 Å². The van der Waals surface area contributed by atoms with Crippen LogP contribution in [0.5, 0.6) is 0 Å². The van der Waals surface area contributed by atoms with Gasteiger partial charge in [0.1, 0.15) is 23.4 Å². The summed E-state index contributed by atoms with van der Waals surface area (Å²) in [6.07, 6.45) is 2.68. The van der Waals surface area contributed by atoms with E-state index in [0.29, 0.717) is 29.3 Å². The molecule has 168 valence electrons. The maximum Gasteiger partial charge on any atom is 0.410 e. The van der Waals surface area contributed by atoms with Crippen molar-refractivity contribution in [2.24, 2.45) is 11.8 Å². The van der Waals surface area contributed by atoms with E-state index in [4.69, 9.17) is 19.9 Å². The van der Waals surface area contributed by atoms with Gasteiger partial charge in [-0.1, -0.05) is 5.16 Å². The van der Waals surface area contributed by atoms with Crippen LogP contribution in [0.3, 0.4) is 0 Å². The van der Waals surface area contributed by atoms with Crippen LogP contribution < -0.4 is 5.90 Å². The maximum atomic E-state index is 14.0. The number of halogens is 1. The molecule has 1 aromatic heterocycles. The molecule has 0 unspecified atom stereocenters. The van der Waals surface area contributed by atoms with Crippen LogP contribution in [0.4, 0.5) is 9.18 Å². The highest BCUT2D eigenvalue weighted by Gasteiger charge is 2.37. The number of carbonyl (C=O) groups is 1. The number of hydrogen-bond donors (Lipinski definition) is 1. The molecule has 1 saturated heterocycles. The minimum Gasteiger partial charge on any atom is -0.484 e. The van der Waals surface area contributed by atoms with E-state index in [1.807, 2.05) is 20.8 Å². The molecule has 0 aliphatic carbocycles. The molecule has 2 aromatic rings. The Labute approximate surface area is 183 Å². The fourth-order valence-electron chi connectivity index (χ4n) is 2.83. The van der Waals surface area contributed by atoms with Crippen molar-refractivity contribution < 1.29 is 28.0 Å². The Morgan fingerprint density at radius 2 is 2.16 bits per heavy atom. The Hall–Kier alpha value is -2.79. The van der Waals surface area contributed by atoms with Crippen molar-refractivity contribution in [1.82, 2.24) is 15.0 Å². The van der Waals surface area contributed by atoms with Crippen LogP contribution in [-0.2, 0) is 20.9 Å². The lowest BCUT2D eigenvalue weighted by molar-refractivity contribution is -0.00810. The molecule has 1 aliphatic heterocycles. The molecule has 0 bridgehead atoms. The van der Waals surface area contributed by atoms with Gasteiger partial charge < -0.3 is 23.7 Å². The molecule has 31 heavy (non-hydrogen) atoms. The van der Waals surface area contributed by atoms with Gasteiger partial charge in [-0.15, -0.1) is 11.8 Å². The van der Waals surface area contributed by atoms with Crippen LogP contribution in [0.1, 0.15) is 26.7 Å². The van der Waals surface area contributed by atoms with Crippen LogP contribution in [-0.4, -0.2) is 46.1 Å². The molecule has 1 amide bonds. The molecule has 9 nitrogen and oxygen atoms in total. The summed E-state index contributed by atoms with van der Waals surface area (Å²) in [7, 11) is 0.